The number of carbonyl (C=O) groups is 1. The highest BCUT2D eigenvalue weighted by Crippen LogP contribution is 2.35. The Bertz CT molecular complexity index is 957. The number of likely N-dealkylation sites (tertiary alicyclic amines) is 1. The van der Waals surface area contributed by atoms with Gasteiger partial charge < -0.3 is 13.9 Å². The van der Waals surface area contributed by atoms with Gasteiger partial charge in [-0.3, -0.25) is 4.79 Å². The van der Waals surface area contributed by atoms with E-state index in [-0.39, 0.29) is 11.8 Å². The Hall–Kier alpha value is -2.55. The van der Waals surface area contributed by atoms with Gasteiger partial charge in [-0.05, 0) is 51.6 Å². The number of hydrogen-bond donors (Lipinski definition) is 0. The van der Waals surface area contributed by atoms with Crippen LogP contribution in [0.15, 0.2) is 15.1 Å². The molecule has 4 rings (SSSR count). The molecule has 1 saturated heterocycles. The number of amides is 1. The van der Waals surface area contributed by atoms with Gasteiger partial charge in [-0.25, -0.2) is 0 Å². The summed E-state index contributed by atoms with van der Waals surface area (Å²) in [7, 11) is 0. The van der Waals surface area contributed by atoms with Crippen molar-refractivity contribution in [3.8, 4) is 10.6 Å². The van der Waals surface area contributed by atoms with Crippen molar-refractivity contribution in [3.05, 3.63) is 34.5 Å². The molecule has 1 amide bonds. The summed E-state index contributed by atoms with van der Waals surface area (Å²) in [5.74, 6) is 1.81. The predicted octanol–water partition coefficient (Wildman–Crippen LogP) is 3.45. The minimum atomic E-state index is 0.157. The van der Waals surface area contributed by atoms with E-state index in [0.717, 1.165) is 52.7 Å². The van der Waals surface area contributed by atoms with E-state index in [2.05, 4.69) is 19.9 Å². The van der Waals surface area contributed by atoms with Crippen LogP contribution in [0.4, 0.5) is 0 Å². The van der Waals surface area contributed by atoms with E-state index in [1.807, 2.05) is 31.7 Å². The Morgan fingerprint density at radius 2 is 2.14 bits per heavy atom. The zero-order chi connectivity index (χ0) is 19.7. The first-order chi connectivity index (χ1) is 13.5. The van der Waals surface area contributed by atoms with Crippen LogP contribution in [-0.4, -0.2) is 43.8 Å². The Labute approximate surface area is 167 Å². The predicted molar refractivity (Wildman–Crippen MR) is 103 cm³/mol. The van der Waals surface area contributed by atoms with Crippen LogP contribution in [0.5, 0.6) is 0 Å². The zero-order valence-electron chi connectivity index (χ0n) is 16.3. The molecule has 1 unspecified atom stereocenters. The fourth-order valence-electron chi connectivity index (χ4n) is 3.78. The summed E-state index contributed by atoms with van der Waals surface area (Å²) >= 11 is 1.32. The molecule has 0 N–H and O–H groups in total. The Morgan fingerprint density at radius 1 is 1.29 bits per heavy atom. The van der Waals surface area contributed by atoms with E-state index in [1.165, 1.54) is 11.5 Å². The molecule has 0 aromatic carbocycles. The number of carbonyl (C=O) groups excluding carboxylic acids is 1. The van der Waals surface area contributed by atoms with Crippen LogP contribution in [0.3, 0.4) is 0 Å². The third kappa shape index (κ3) is 3.71. The molecular weight excluding hydrogens is 378 g/mol. The smallest absolute Gasteiger partial charge is 0.222 e. The van der Waals surface area contributed by atoms with E-state index in [0.29, 0.717) is 25.1 Å². The Morgan fingerprint density at radius 3 is 2.86 bits per heavy atom. The lowest BCUT2D eigenvalue weighted by Crippen LogP contribution is -2.39. The van der Waals surface area contributed by atoms with Crippen molar-refractivity contribution in [3.63, 3.8) is 0 Å². The minimum Gasteiger partial charge on any atom is -0.361 e. The summed E-state index contributed by atoms with van der Waals surface area (Å²) < 4.78 is 14.7. The van der Waals surface area contributed by atoms with E-state index < -0.39 is 0 Å². The van der Waals surface area contributed by atoms with E-state index in [9.17, 15) is 4.79 Å². The molecule has 0 aliphatic carbocycles. The molecule has 28 heavy (non-hydrogen) atoms. The van der Waals surface area contributed by atoms with Gasteiger partial charge in [0.2, 0.25) is 5.91 Å². The van der Waals surface area contributed by atoms with Gasteiger partial charge in [0.15, 0.2) is 5.76 Å². The van der Waals surface area contributed by atoms with Gasteiger partial charge in [0, 0.05) is 37.1 Å². The first-order valence-electron chi connectivity index (χ1n) is 9.48. The first-order valence-corrected chi connectivity index (χ1v) is 10.3. The van der Waals surface area contributed by atoms with Crippen LogP contribution in [0, 0.1) is 20.8 Å². The van der Waals surface area contributed by atoms with Crippen molar-refractivity contribution < 1.29 is 13.8 Å². The standard InChI is InChI=1S/C19H23N5O3S/c1-11-9-16(27-21-11)19-18(20-23-28-19)14-5-4-8-24(10-14)17(25)7-6-15-12(2)22-26-13(15)3/h9,14H,4-8,10H2,1-3H3. The van der Waals surface area contributed by atoms with Gasteiger partial charge in [-0.2, -0.15) is 0 Å². The third-order valence-corrected chi connectivity index (χ3v) is 6.05. The average molecular weight is 401 g/mol. The van der Waals surface area contributed by atoms with Crippen LogP contribution >= 0.6 is 11.5 Å². The maximum atomic E-state index is 12.8. The maximum absolute atomic E-state index is 12.8. The van der Waals surface area contributed by atoms with E-state index in [1.54, 1.807) is 0 Å². The van der Waals surface area contributed by atoms with Crippen LogP contribution < -0.4 is 0 Å². The lowest BCUT2D eigenvalue weighted by atomic mass is 9.93. The molecule has 0 spiro atoms. The molecule has 0 radical (unpaired) electrons. The van der Waals surface area contributed by atoms with E-state index >= 15 is 0 Å². The average Bonchev–Trinajstić information content (AvgIpc) is 3.41. The summed E-state index contributed by atoms with van der Waals surface area (Å²) in [4.78, 5) is 15.7. The van der Waals surface area contributed by atoms with Crippen molar-refractivity contribution in [2.75, 3.05) is 13.1 Å². The van der Waals surface area contributed by atoms with Crippen LogP contribution in [-0.2, 0) is 11.2 Å². The maximum Gasteiger partial charge on any atom is 0.222 e. The number of nitrogens with zero attached hydrogens (tertiary/aromatic N) is 5. The molecule has 4 heterocycles. The highest BCUT2D eigenvalue weighted by molar-refractivity contribution is 7.09. The van der Waals surface area contributed by atoms with Gasteiger partial charge in [-0.15, -0.1) is 5.10 Å². The molecule has 8 nitrogen and oxygen atoms in total. The highest BCUT2D eigenvalue weighted by atomic mass is 32.1. The summed E-state index contributed by atoms with van der Waals surface area (Å²) in [6.45, 7) is 7.13. The lowest BCUT2D eigenvalue weighted by Gasteiger charge is -2.32. The Kier molecular flexibility index (Phi) is 5.25. The number of aryl methyl sites for hydroxylation is 3. The third-order valence-electron chi connectivity index (χ3n) is 5.30. The van der Waals surface area contributed by atoms with Crippen LogP contribution in [0.2, 0.25) is 0 Å². The number of piperidine rings is 1. The van der Waals surface area contributed by atoms with Crippen LogP contribution in [0.1, 0.15) is 53.6 Å². The molecule has 1 fully saturated rings. The molecule has 1 aliphatic rings. The minimum absolute atomic E-state index is 0.157. The van der Waals surface area contributed by atoms with Crippen molar-refractivity contribution >= 4 is 17.4 Å². The highest BCUT2D eigenvalue weighted by Gasteiger charge is 2.30. The molecule has 0 bridgehead atoms. The lowest BCUT2D eigenvalue weighted by molar-refractivity contribution is -0.132. The summed E-state index contributed by atoms with van der Waals surface area (Å²) in [6, 6.07) is 1.90. The van der Waals surface area contributed by atoms with Crippen molar-refractivity contribution in [2.45, 2.75) is 52.4 Å². The molecule has 3 aromatic rings. The van der Waals surface area contributed by atoms with Gasteiger partial charge in [-0.1, -0.05) is 14.8 Å². The van der Waals surface area contributed by atoms with Crippen molar-refractivity contribution in [1.82, 2.24) is 24.8 Å². The van der Waals surface area contributed by atoms with Crippen LogP contribution in [0.25, 0.3) is 10.6 Å². The molecule has 3 aromatic heterocycles. The number of hydrogen-bond acceptors (Lipinski definition) is 8. The fraction of sp³-hybridized carbons (Fsp3) is 0.526. The molecule has 1 aliphatic heterocycles. The van der Waals surface area contributed by atoms with Gasteiger partial charge >= 0.3 is 0 Å². The largest absolute Gasteiger partial charge is 0.361 e. The second-order valence-corrected chi connectivity index (χ2v) is 8.06. The van der Waals surface area contributed by atoms with Crippen molar-refractivity contribution in [1.29, 1.82) is 0 Å². The fourth-order valence-corrected chi connectivity index (χ4v) is 4.48. The quantitative estimate of drug-likeness (QED) is 0.646. The van der Waals surface area contributed by atoms with Gasteiger partial charge in [0.1, 0.15) is 10.6 Å². The molecular formula is C19H23N5O3S. The molecule has 1 atom stereocenters. The number of rotatable bonds is 5. The SMILES string of the molecule is Cc1cc(-c2snnc2C2CCCN(C(=O)CCc3c(C)noc3C)C2)on1. The summed E-state index contributed by atoms with van der Waals surface area (Å²) in [6.07, 6.45) is 3.05. The van der Waals surface area contributed by atoms with Gasteiger partial charge in [0.05, 0.1) is 17.1 Å². The van der Waals surface area contributed by atoms with Gasteiger partial charge in [0.25, 0.3) is 0 Å². The topological polar surface area (TPSA) is 98.2 Å². The second-order valence-electron chi connectivity index (χ2n) is 7.30. The number of aromatic nitrogens is 4. The molecule has 0 saturated carbocycles. The molecule has 9 heteroatoms. The second kappa shape index (κ2) is 7.83. The summed E-state index contributed by atoms with van der Waals surface area (Å²) in [5.41, 5.74) is 3.63. The first kappa shape index (κ1) is 18.8. The monoisotopic (exact) mass is 401 g/mol. The molecule has 148 valence electrons. The Balaban J connectivity index is 1.44. The normalized spacial score (nSPS) is 17.2. The summed E-state index contributed by atoms with van der Waals surface area (Å²) in [5, 5.41) is 12.3. The van der Waals surface area contributed by atoms with Crippen molar-refractivity contribution in [2.24, 2.45) is 0 Å². The van der Waals surface area contributed by atoms with E-state index in [4.69, 9.17) is 9.05 Å². The zero-order valence-corrected chi connectivity index (χ0v) is 17.1.